The topological polar surface area (TPSA) is 38.3 Å². The van der Waals surface area contributed by atoms with Crippen molar-refractivity contribution in [1.82, 2.24) is 5.32 Å². The van der Waals surface area contributed by atoms with Gasteiger partial charge in [0.2, 0.25) is 0 Å². The molecule has 1 atom stereocenters. The molecule has 2 aromatic heterocycles. The number of nitrogens with one attached hydrogen (secondary N) is 1. The Labute approximate surface area is 118 Å². The Balaban J connectivity index is 1.85. The zero-order chi connectivity index (χ0) is 13.9. The second kappa shape index (κ2) is 5.55. The molecule has 0 amide bonds. The predicted octanol–water partition coefficient (Wildman–Crippen LogP) is 4.44. The summed E-state index contributed by atoms with van der Waals surface area (Å²) in [6, 6.07) is 12.2. The van der Waals surface area contributed by atoms with Gasteiger partial charge in [0.25, 0.3) is 0 Å². The maximum absolute atomic E-state index is 6.03. The SMILES string of the molecule is CCc1c(C(C)NCc2ccco2)oc2ccccc12. The minimum atomic E-state index is 0.155. The highest BCUT2D eigenvalue weighted by Crippen LogP contribution is 2.30. The molecule has 20 heavy (non-hydrogen) atoms. The fourth-order valence-electron chi connectivity index (χ4n) is 2.59. The third-order valence-electron chi connectivity index (χ3n) is 3.64. The van der Waals surface area contributed by atoms with E-state index in [9.17, 15) is 0 Å². The lowest BCUT2D eigenvalue weighted by Crippen LogP contribution is -2.18. The van der Waals surface area contributed by atoms with Crippen LogP contribution in [0.15, 0.2) is 51.5 Å². The Kier molecular flexibility index (Phi) is 3.61. The van der Waals surface area contributed by atoms with Crippen LogP contribution in [0.5, 0.6) is 0 Å². The van der Waals surface area contributed by atoms with Crippen LogP contribution >= 0.6 is 0 Å². The van der Waals surface area contributed by atoms with Gasteiger partial charge < -0.3 is 14.2 Å². The maximum atomic E-state index is 6.03. The number of fused-ring (bicyclic) bond motifs is 1. The molecule has 1 aromatic carbocycles. The molecular weight excluding hydrogens is 250 g/mol. The van der Waals surface area contributed by atoms with Gasteiger partial charge in [0, 0.05) is 10.9 Å². The smallest absolute Gasteiger partial charge is 0.134 e. The molecule has 0 saturated heterocycles. The van der Waals surface area contributed by atoms with E-state index in [1.165, 1.54) is 10.9 Å². The largest absolute Gasteiger partial charge is 0.468 e. The monoisotopic (exact) mass is 269 g/mol. The van der Waals surface area contributed by atoms with Crippen molar-refractivity contribution in [2.45, 2.75) is 32.9 Å². The minimum Gasteiger partial charge on any atom is -0.468 e. The van der Waals surface area contributed by atoms with Crippen molar-refractivity contribution in [1.29, 1.82) is 0 Å². The summed E-state index contributed by atoms with van der Waals surface area (Å²) >= 11 is 0. The summed E-state index contributed by atoms with van der Waals surface area (Å²) < 4.78 is 11.4. The number of rotatable bonds is 5. The highest BCUT2D eigenvalue weighted by atomic mass is 16.3. The van der Waals surface area contributed by atoms with Gasteiger partial charge in [-0.25, -0.2) is 0 Å². The standard InChI is InChI=1S/C17H19NO2/c1-3-14-15-8-4-5-9-16(15)20-17(14)12(2)18-11-13-7-6-10-19-13/h4-10,12,18H,3,11H2,1-2H3. The fourth-order valence-corrected chi connectivity index (χ4v) is 2.59. The van der Waals surface area contributed by atoms with E-state index in [1.807, 2.05) is 24.3 Å². The number of hydrogen-bond acceptors (Lipinski definition) is 3. The summed E-state index contributed by atoms with van der Waals surface area (Å²) in [6.07, 6.45) is 2.67. The summed E-state index contributed by atoms with van der Waals surface area (Å²) in [5.74, 6) is 1.96. The van der Waals surface area contributed by atoms with Crippen molar-refractivity contribution in [2.75, 3.05) is 0 Å². The van der Waals surface area contributed by atoms with Gasteiger partial charge in [0.15, 0.2) is 0 Å². The molecule has 0 aliphatic rings. The third-order valence-corrected chi connectivity index (χ3v) is 3.64. The van der Waals surface area contributed by atoms with Crippen molar-refractivity contribution in [3.8, 4) is 0 Å². The zero-order valence-corrected chi connectivity index (χ0v) is 11.8. The molecule has 3 rings (SSSR count). The molecule has 3 aromatic rings. The van der Waals surface area contributed by atoms with Crippen LogP contribution in [0.2, 0.25) is 0 Å². The number of hydrogen-bond donors (Lipinski definition) is 1. The predicted molar refractivity (Wildman–Crippen MR) is 79.6 cm³/mol. The van der Waals surface area contributed by atoms with Gasteiger partial charge in [-0.3, -0.25) is 0 Å². The molecule has 3 heteroatoms. The molecule has 104 valence electrons. The normalized spacial score (nSPS) is 12.9. The molecule has 0 aliphatic carbocycles. The van der Waals surface area contributed by atoms with Gasteiger partial charge in [-0.05, 0) is 31.5 Å². The quantitative estimate of drug-likeness (QED) is 0.744. The van der Waals surface area contributed by atoms with E-state index in [4.69, 9.17) is 8.83 Å². The van der Waals surface area contributed by atoms with E-state index in [0.717, 1.165) is 23.5 Å². The van der Waals surface area contributed by atoms with Crippen LogP contribution in [-0.2, 0) is 13.0 Å². The lowest BCUT2D eigenvalue weighted by atomic mass is 10.1. The molecule has 0 radical (unpaired) electrons. The average Bonchev–Trinajstić information content (AvgIpc) is 3.11. The van der Waals surface area contributed by atoms with Crippen LogP contribution in [0.1, 0.15) is 37.0 Å². The Morgan fingerprint density at radius 3 is 2.75 bits per heavy atom. The van der Waals surface area contributed by atoms with Crippen LogP contribution in [0.4, 0.5) is 0 Å². The Morgan fingerprint density at radius 2 is 2.00 bits per heavy atom. The molecule has 0 bridgehead atoms. The molecule has 0 spiro atoms. The number of benzene rings is 1. The van der Waals surface area contributed by atoms with Crippen molar-refractivity contribution >= 4 is 11.0 Å². The van der Waals surface area contributed by atoms with Crippen molar-refractivity contribution in [3.05, 3.63) is 59.7 Å². The molecule has 1 unspecified atom stereocenters. The van der Waals surface area contributed by atoms with E-state index < -0.39 is 0 Å². The lowest BCUT2D eigenvalue weighted by Gasteiger charge is -2.12. The molecular formula is C17H19NO2. The summed E-state index contributed by atoms with van der Waals surface area (Å²) in [7, 11) is 0. The summed E-state index contributed by atoms with van der Waals surface area (Å²) in [5.41, 5.74) is 2.26. The molecule has 0 saturated carbocycles. The number of furan rings is 2. The molecule has 1 N–H and O–H groups in total. The van der Waals surface area contributed by atoms with Gasteiger partial charge in [-0.15, -0.1) is 0 Å². The Bertz CT molecular complexity index is 682. The Hall–Kier alpha value is -2.00. The van der Waals surface area contributed by atoms with Crippen molar-refractivity contribution < 1.29 is 8.83 Å². The lowest BCUT2D eigenvalue weighted by molar-refractivity contribution is 0.415. The van der Waals surface area contributed by atoms with Crippen LogP contribution < -0.4 is 5.32 Å². The first kappa shape index (κ1) is 13.0. The zero-order valence-electron chi connectivity index (χ0n) is 11.8. The van der Waals surface area contributed by atoms with E-state index in [-0.39, 0.29) is 6.04 Å². The van der Waals surface area contributed by atoms with Crippen LogP contribution in [0.3, 0.4) is 0 Å². The van der Waals surface area contributed by atoms with Gasteiger partial charge >= 0.3 is 0 Å². The molecule has 3 nitrogen and oxygen atoms in total. The van der Waals surface area contributed by atoms with Gasteiger partial charge in [0.05, 0.1) is 18.8 Å². The number of aryl methyl sites for hydroxylation is 1. The van der Waals surface area contributed by atoms with Gasteiger partial charge in [0.1, 0.15) is 17.1 Å². The first-order valence-electron chi connectivity index (χ1n) is 7.05. The van der Waals surface area contributed by atoms with E-state index in [0.29, 0.717) is 6.54 Å². The summed E-state index contributed by atoms with van der Waals surface area (Å²) in [4.78, 5) is 0. The second-order valence-corrected chi connectivity index (χ2v) is 4.98. The van der Waals surface area contributed by atoms with Crippen LogP contribution in [0, 0.1) is 0 Å². The summed E-state index contributed by atoms with van der Waals surface area (Å²) in [5, 5.41) is 4.67. The average molecular weight is 269 g/mol. The minimum absolute atomic E-state index is 0.155. The summed E-state index contributed by atoms with van der Waals surface area (Å²) in [6.45, 7) is 4.99. The third kappa shape index (κ3) is 2.37. The highest BCUT2D eigenvalue weighted by molar-refractivity contribution is 5.82. The van der Waals surface area contributed by atoms with Gasteiger partial charge in [-0.1, -0.05) is 25.1 Å². The first-order valence-corrected chi connectivity index (χ1v) is 7.05. The first-order chi connectivity index (χ1) is 9.79. The van der Waals surface area contributed by atoms with Crippen LogP contribution in [0.25, 0.3) is 11.0 Å². The molecule has 0 fully saturated rings. The second-order valence-electron chi connectivity index (χ2n) is 4.98. The highest BCUT2D eigenvalue weighted by Gasteiger charge is 2.17. The molecule has 0 aliphatic heterocycles. The number of para-hydroxylation sites is 1. The van der Waals surface area contributed by atoms with E-state index in [2.05, 4.69) is 31.3 Å². The maximum Gasteiger partial charge on any atom is 0.134 e. The Morgan fingerprint density at radius 1 is 1.15 bits per heavy atom. The van der Waals surface area contributed by atoms with Crippen LogP contribution in [-0.4, -0.2) is 0 Å². The van der Waals surface area contributed by atoms with Gasteiger partial charge in [-0.2, -0.15) is 0 Å². The van der Waals surface area contributed by atoms with E-state index in [1.54, 1.807) is 6.26 Å². The van der Waals surface area contributed by atoms with Crippen molar-refractivity contribution in [2.24, 2.45) is 0 Å². The van der Waals surface area contributed by atoms with E-state index >= 15 is 0 Å². The van der Waals surface area contributed by atoms with Crippen molar-refractivity contribution in [3.63, 3.8) is 0 Å². The molecule has 2 heterocycles. The fraction of sp³-hybridized carbons (Fsp3) is 0.294.